The Morgan fingerprint density at radius 1 is 1.60 bits per heavy atom. The van der Waals surface area contributed by atoms with Crippen molar-refractivity contribution < 1.29 is 0 Å². The van der Waals surface area contributed by atoms with Crippen LogP contribution in [0, 0.1) is 6.92 Å². The molecule has 1 unspecified atom stereocenters. The Balaban J connectivity index is 2.32. The van der Waals surface area contributed by atoms with Crippen LogP contribution in [0.15, 0.2) is 10.8 Å². The van der Waals surface area contributed by atoms with E-state index in [0.717, 1.165) is 29.0 Å². The first-order valence-corrected chi connectivity index (χ1v) is 5.97. The van der Waals surface area contributed by atoms with E-state index in [1.54, 1.807) is 6.33 Å². The molecule has 0 bridgehead atoms. The topological polar surface area (TPSA) is 55.0 Å². The summed E-state index contributed by atoms with van der Waals surface area (Å²) in [5.74, 6) is 0.982. The summed E-state index contributed by atoms with van der Waals surface area (Å²) in [6.45, 7) is 3.70. The van der Waals surface area contributed by atoms with Crippen molar-refractivity contribution in [2.24, 2.45) is 5.73 Å². The number of hydrogen-bond donors (Lipinski definition) is 1. The zero-order valence-corrected chi connectivity index (χ0v) is 10.4. The number of nitrogens with zero attached hydrogens (tertiary/aromatic N) is 3. The van der Waals surface area contributed by atoms with E-state index in [4.69, 9.17) is 5.73 Å². The zero-order chi connectivity index (χ0) is 10.8. The molecule has 1 aliphatic rings. The summed E-state index contributed by atoms with van der Waals surface area (Å²) >= 11 is 3.54. The molecular formula is C10H15BrN4. The Morgan fingerprint density at radius 3 is 3.13 bits per heavy atom. The van der Waals surface area contributed by atoms with Crippen molar-refractivity contribution in [2.75, 3.05) is 18.0 Å². The van der Waals surface area contributed by atoms with Gasteiger partial charge in [-0.05, 0) is 35.7 Å². The monoisotopic (exact) mass is 270 g/mol. The van der Waals surface area contributed by atoms with Crippen LogP contribution in [0.5, 0.6) is 0 Å². The van der Waals surface area contributed by atoms with Crippen molar-refractivity contribution in [1.29, 1.82) is 0 Å². The van der Waals surface area contributed by atoms with E-state index in [1.165, 1.54) is 6.42 Å². The SMILES string of the molecule is Cc1ncnc(N2CCCC2CN)c1Br. The van der Waals surface area contributed by atoms with Crippen LogP contribution < -0.4 is 10.6 Å². The Bertz CT molecular complexity index is 355. The number of nitrogens with two attached hydrogens (primary N) is 1. The van der Waals surface area contributed by atoms with Gasteiger partial charge in [-0.15, -0.1) is 0 Å². The molecule has 4 nitrogen and oxygen atoms in total. The molecule has 5 heteroatoms. The minimum absolute atomic E-state index is 0.426. The molecule has 1 aromatic rings. The lowest BCUT2D eigenvalue weighted by Gasteiger charge is -2.25. The predicted molar refractivity (Wildman–Crippen MR) is 63.9 cm³/mol. The number of aryl methyl sites for hydroxylation is 1. The second kappa shape index (κ2) is 4.45. The van der Waals surface area contributed by atoms with Gasteiger partial charge in [0.1, 0.15) is 12.1 Å². The molecule has 1 aliphatic heterocycles. The van der Waals surface area contributed by atoms with Gasteiger partial charge >= 0.3 is 0 Å². The molecule has 2 heterocycles. The number of aromatic nitrogens is 2. The maximum Gasteiger partial charge on any atom is 0.146 e. The van der Waals surface area contributed by atoms with Crippen LogP contribution >= 0.6 is 15.9 Å². The summed E-state index contributed by atoms with van der Waals surface area (Å²) in [6.07, 6.45) is 3.96. The van der Waals surface area contributed by atoms with Crippen LogP contribution in [0.3, 0.4) is 0 Å². The number of hydrogen-bond acceptors (Lipinski definition) is 4. The summed E-state index contributed by atoms with van der Waals surface area (Å²) in [6, 6.07) is 0.426. The van der Waals surface area contributed by atoms with Crippen molar-refractivity contribution in [3.05, 3.63) is 16.5 Å². The van der Waals surface area contributed by atoms with Gasteiger partial charge in [-0.25, -0.2) is 9.97 Å². The van der Waals surface area contributed by atoms with Crippen molar-refractivity contribution in [2.45, 2.75) is 25.8 Å². The van der Waals surface area contributed by atoms with E-state index in [9.17, 15) is 0 Å². The fourth-order valence-corrected chi connectivity index (χ4v) is 2.44. The second-order valence-corrected chi connectivity index (χ2v) is 4.61. The predicted octanol–water partition coefficient (Wildman–Crippen LogP) is 1.48. The zero-order valence-electron chi connectivity index (χ0n) is 8.78. The highest BCUT2D eigenvalue weighted by molar-refractivity contribution is 9.10. The lowest BCUT2D eigenvalue weighted by molar-refractivity contribution is 0.669. The summed E-state index contributed by atoms with van der Waals surface area (Å²) in [4.78, 5) is 10.8. The van der Waals surface area contributed by atoms with Gasteiger partial charge in [0.25, 0.3) is 0 Å². The van der Waals surface area contributed by atoms with Crippen LogP contribution in [0.1, 0.15) is 18.5 Å². The molecule has 1 atom stereocenters. The van der Waals surface area contributed by atoms with Crippen molar-refractivity contribution >= 4 is 21.7 Å². The molecule has 0 radical (unpaired) electrons. The lowest BCUT2D eigenvalue weighted by atomic mass is 10.2. The fraction of sp³-hybridized carbons (Fsp3) is 0.600. The van der Waals surface area contributed by atoms with Gasteiger partial charge in [0.15, 0.2) is 0 Å². The molecule has 0 spiro atoms. The minimum Gasteiger partial charge on any atom is -0.351 e. The smallest absolute Gasteiger partial charge is 0.146 e. The fourth-order valence-electron chi connectivity index (χ4n) is 2.01. The maximum atomic E-state index is 5.75. The summed E-state index contributed by atoms with van der Waals surface area (Å²) in [5, 5.41) is 0. The highest BCUT2D eigenvalue weighted by Crippen LogP contribution is 2.30. The number of halogens is 1. The molecule has 2 rings (SSSR count). The van der Waals surface area contributed by atoms with Gasteiger partial charge in [0, 0.05) is 19.1 Å². The Hall–Kier alpha value is -0.680. The molecular weight excluding hydrogens is 256 g/mol. The first-order chi connectivity index (χ1) is 7.24. The third kappa shape index (κ3) is 1.99. The standard InChI is InChI=1S/C10H15BrN4/c1-7-9(11)10(14-6-13-7)15-4-2-3-8(15)5-12/h6,8H,2-5,12H2,1H3. The van der Waals surface area contributed by atoms with Crippen molar-refractivity contribution in [3.8, 4) is 0 Å². The Labute approximate surface area is 98.0 Å². The highest BCUT2D eigenvalue weighted by atomic mass is 79.9. The van der Waals surface area contributed by atoms with E-state index in [-0.39, 0.29) is 0 Å². The van der Waals surface area contributed by atoms with E-state index in [1.807, 2.05) is 6.92 Å². The van der Waals surface area contributed by atoms with Gasteiger partial charge in [0.2, 0.25) is 0 Å². The third-order valence-corrected chi connectivity index (χ3v) is 3.80. The van der Waals surface area contributed by atoms with Gasteiger partial charge < -0.3 is 10.6 Å². The Kier molecular flexibility index (Phi) is 3.21. The number of anilines is 1. The lowest BCUT2D eigenvalue weighted by Crippen LogP contribution is -2.36. The average Bonchev–Trinajstić information content (AvgIpc) is 2.70. The number of rotatable bonds is 2. The normalized spacial score (nSPS) is 21.0. The van der Waals surface area contributed by atoms with Crippen LogP contribution in [0.2, 0.25) is 0 Å². The molecule has 0 aliphatic carbocycles. The second-order valence-electron chi connectivity index (χ2n) is 3.82. The first-order valence-electron chi connectivity index (χ1n) is 5.18. The Morgan fingerprint density at radius 2 is 2.40 bits per heavy atom. The molecule has 2 N–H and O–H groups in total. The molecule has 1 saturated heterocycles. The van der Waals surface area contributed by atoms with Gasteiger partial charge in [0.05, 0.1) is 10.2 Å². The van der Waals surface area contributed by atoms with Crippen LogP contribution in [0.4, 0.5) is 5.82 Å². The average molecular weight is 271 g/mol. The van der Waals surface area contributed by atoms with Crippen molar-refractivity contribution in [3.63, 3.8) is 0 Å². The third-order valence-electron chi connectivity index (χ3n) is 2.87. The molecule has 0 saturated carbocycles. The molecule has 0 aromatic carbocycles. The largest absolute Gasteiger partial charge is 0.351 e. The van der Waals surface area contributed by atoms with Crippen LogP contribution in [-0.2, 0) is 0 Å². The minimum atomic E-state index is 0.426. The first kappa shape index (κ1) is 10.8. The molecule has 1 aromatic heterocycles. The van der Waals surface area contributed by atoms with Gasteiger partial charge in [-0.3, -0.25) is 0 Å². The molecule has 15 heavy (non-hydrogen) atoms. The molecule has 1 fully saturated rings. The van der Waals surface area contributed by atoms with E-state index in [0.29, 0.717) is 12.6 Å². The molecule has 0 amide bonds. The summed E-state index contributed by atoms with van der Waals surface area (Å²) < 4.78 is 0.991. The van der Waals surface area contributed by atoms with E-state index < -0.39 is 0 Å². The summed E-state index contributed by atoms with van der Waals surface area (Å²) in [7, 11) is 0. The van der Waals surface area contributed by atoms with Crippen LogP contribution in [-0.4, -0.2) is 29.1 Å². The quantitative estimate of drug-likeness (QED) is 0.885. The molecule has 82 valence electrons. The van der Waals surface area contributed by atoms with Gasteiger partial charge in [-0.2, -0.15) is 0 Å². The highest BCUT2D eigenvalue weighted by Gasteiger charge is 2.26. The van der Waals surface area contributed by atoms with Crippen molar-refractivity contribution in [1.82, 2.24) is 9.97 Å². The van der Waals surface area contributed by atoms with E-state index >= 15 is 0 Å². The van der Waals surface area contributed by atoms with Gasteiger partial charge in [-0.1, -0.05) is 0 Å². The van der Waals surface area contributed by atoms with E-state index in [2.05, 4.69) is 30.8 Å². The summed E-state index contributed by atoms with van der Waals surface area (Å²) in [5.41, 5.74) is 6.72. The maximum absolute atomic E-state index is 5.75. The van der Waals surface area contributed by atoms with Crippen LogP contribution in [0.25, 0.3) is 0 Å².